The van der Waals surface area contributed by atoms with Crippen LogP contribution in [0.15, 0.2) is 42.7 Å². The van der Waals surface area contributed by atoms with E-state index in [-0.39, 0.29) is 24.8 Å². The Morgan fingerprint density at radius 2 is 1.81 bits per heavy atom. The number of halogens is 2. The van der Waals surface area contributed by atoms with E-state index < -0.39 is 12.0 Å². The maximum atomic E-state index is 11.2. The highest BCUT2D eigenvalue weighted by Crippen LogP contribution is 2.18. The summed E-state index contributed by atoms with van der Waals surface area (Å²) < 4.78 is 4.60. The van der Waals surface area contributed by atoms with Crippen LogP contribution in [0.2, 0.25) is 0 Å². The molecule has 0 saturated heterocycles. The predicted octanol–water partition coefficient (Wildman–Crippen LogP) is 2.03. The molecule has 114 valence electrons. The molecule has 5 nitrogen and oxygen atoms in total. The number of nitrogens with zero attached hydrogens (tertiary/aromatic N) is 2. The van der Waals surface area contributed by atoms with Gasteiger partial charge in [0, 0.05) is 5.56 Å². The lowest BCUT2D eigenvalue weighted by Gasteiger charge is -2.09. The van der Waals surface area contributed by atoms with Gasteiger partial charge in [-0.05, 0) is 23.6 Å². The highest BCUT2D eigenvalue weighted by Gasteiger charge is 2.13. The van der Waals surface area contributed by atoms with E-state index in [0.29, 0.717) is 6.42 Å². The second kappa shape index (κ2) is 9.28. The van der Waals surface area contributed by atoms with Gasteiger partial charge in [-0.3, -0.25) is 4.79 Å². The van der Waals surface area contributed by atoms with E-state index in [1.165, 1.54) is 7.11 Å². The smallest absolute Gasteiger partial charge is 0.322 e. The molecule has 21 heavy (non-hydrogen) atoms. The lowest BCUT2D eigenvalue weighted by Crippen LogP contribution is -2.33. The van der Waals surface area contributed by atoms with E-state index in [2.05, 4.69) is 14.9 Å². The Kier molecular flexibility index (Phi) is 8.54. The van der Waals surface area contributed by atoms with Crippen molar-refractivity contribution in [1.82, 2.24) is 10.2 Å². The highest BCUT2D eigenvalue weighted by molar-refractivity contribution is 5.85. The number of hydrogen-bond donors (Lipinski definition) is 1. The van der Waals surface area contributed by atoms with Crippen LogP contribution in [0.1, 0.15) is 5.56 Å². The van der Waals surface area contributed by atoms with Crippen molar-refractivity contribution >= 4 is 30.8 Å². The molecule has 7 heteroatoms. The third-order valence-corrected chi connectivity index (χ3v) is 2.83. The number of ether oxygens (including phenoxy) is 1. The number of esters is 1. The van der Waals surface area contributed by atoms with Gasteiger partial charge < -0.3 is 10.5 Å². The van der Waals surface area contributed by atoms with Crippen LogP contribution in [0.4, 0.5) is 0 Å². The number of aromatic nitrogens is 2. The topological polar surface area (TPSA) is 78.1 Å². The molecule has 2 rings (SSSR count). The van der Waals surface area contributed by atoms with Crippen molar-refractivity contribution in [3.8, 4) is 11.1 Å². The van der Waals surface area contributed by atoms with Crippen molar-refractivity contribution < 1.29 is 9.53 Å². The second-order valence-corrected chi connectivity index (χ2v) is 4.16. The fourth-order valence-electron chi connectivity index (χ4n) is 1.78. The molecule has 2 aromatic rings. The number of carbonyl (C=O) groups is 1. The lowest BCUT2D eigenvalue weighted by molar-refractivity contribution is -0.142. The van der Waals surface area contributed by atoms with Crippen molar-refractivity contribution in [2.45, 2.75) is 12.5 Å². The Labute approximate surface area is 135 Å². The van der Waals surface area contributed by atoms with Gasteiger partial charge in [-0.2, -0.15) is 10.2 Å². The first kappa shape index (κ1) is 19.3. The number of nitrogens with two attached hydrogens (primary N) is 1. The lowest BCUT2D eigenvalue weighted by atomic mass is 10.0. The number of methoxy groups -OCH3 is 1. The monoisotopic (exact) mass is 329 g/mol. The summed E-state index contributed by atoms with van der Waals surface area (Å²) in [5.41, 5.74) is 8.75. The molecule has 0 bridgehead atoms. The first-order valence-corrected chi connectivity index (χ1v) is 5.90. The summed E-state index contributed by atoms with van der Waals surface area (Å²) in [5.74, 6) is -0.401. The third-order valence-electron chi connectivity index (χ3n) is 2.83. The molecule has 0 aliphatic rings. The van der Waals surface area contributed by atoms with Gasteiger partial charge in [0.05, 0.1) is 19.5 Å². The molecule has 0 aliphatic carbocycles. The van der Waals surface area contributed by atoms with Gasteiger partial charge in [0.2, 0.25) is 0 Å². The van der Waals surface area contributed by atoms with Crippen LogP contribution < -0.4 is 5.73 Å². The van der Waals surface area contributed by atoms with Crippen LogP contribution >= 0.6 is 24.8 Å². The molecule has 2 N–H and O–H groups in total. The zero-order valence-corrected chi connectivity index (χ0v) is 13.1. The zero-order chi connectivity index (χ0) is 13.7. The van der Waals surface area contributed by atoms with Crippen molar-refractivity contribution in [2.75, 3.05) is 7.11 Å². The molecule has 0 fully saturated rings. The van der Waals surface area contributed by atoms with E-state index >= 15 is 0 Å². The Morgan fingerprint density at radius 3 is 2.33 bits per heavy atom. The third kappa shape index (κ3) is 5.30. The molecule has 1 atom stereocenters. The quantitative estimate of drug-likeness (QED) is 0.868. The van der Waals surface area contributed by atoms with Crippen LogP contribution in [-0.2, 0) is 16.0 Å². The van der Waals surface area contributed by atoms with Crippen molar-refractivity contribution in [3.05, 3.63) is 48.3 Å². The van der Waals surface area contributed by atoms with E-state index in [0.717, 1.165) is 16.7 Å². The number of rotatable bonds is 4. The summed E-state index contributed by atoms with van der Waals surface area (Å²) in [7, 11) is 1.34. The minimum atomic E-state index is -0.626. The molecule has 0 aliphatic heterocycles. The molecule has 1 aromatic carbocycles. The molecular formula is C14H17Cl2N3O2. The largest absolute Gasteiger partial charge is 0.468 e. The number of benzene rings is 1. The van der Waals surface area contributed by atoms with Crippen molar-refractivity contribution in [3.63, 3.8) is 0 Å². The molecule has 0 spiro atoms. The fraction of sp³-hybridized carbons (Fsp3) is 0.214. The van der Waals surface area contributed by atoms with Crippen LogP contribution in [0.3, 0.4) is 0 Å². The van der Waals surface area contributed by atoms with Gasteiger partial charge >= 0.3 is 5.97 Å². The van der Waals surface area contributed by atoms with Gasteiger partial charge in [0.1, 0.15) is 6.04 Å². The molecule has 0 amide bonds. The molecule has 0 radical (unpaired) electrons. The standard InChI is InChI=1S/C14H15N3O2.2ClH/c1-19-14(18)13(15)8-10-2-4-11(5-3-10)12-6-7-16-17-9-12;;/h2-7,9,13H,8,15H2,1H3;2*1H/t13-;;/m0../s1. The van der Waals surface area contributed by atoms with Crippen molar-refractivity contribution in [1.29, 1.82) is 0 Å². The van der Waals surface area contributed by atoms with Crippen LogP contribution in [0.5, 0.6) is 0 Å². The normalized spacial score (nSPS) is 10.8. The minimum Gasteiger partial charge on any atom is -0.468 e. The van der Waals surface area contributed by atoms with Crippen LogP contribution in [0, 0.1) is 0 Å². The molecular weight excluding hydrogens is 313 g/mol. The van der Waals surface area contributed by atoms with E-state index in [4.69, 9.17) is 5.73 Å². The van der Waals surface area contributed by atoms with Gasteiger partial charge in [-0.1, -0.05) is 24.3 Å². The van der Waals surface area contributed by atoms with Crippen molar-refractivity contribution in [2.24, 2.45) is 5.73 Å². The van der Waals surface area contributed by atoms with Gasteiger partial charge in [0.15, 0.2) is 0 Å². The maximum Gasteiger partial charge on any atom is 0.322 e. The zero-order valence-electron chi connectivity index (χ0n) is 11.4. The van der Waals surface area contributed by atoms with Gasteiger partial charge in [0.25, 0.3) is 0 Å². The average Bonchev–Trinajstić information content (AvgIpc) is 2.48. The molecule has 0 unspecified atom stereocenters. The van der Waals surface area contributed by atoms with Crippen LogP contribution in [0.25, 0.3) is 11.1 Å². The Hall–Kier alpha value is -1.69. The van der Waals surface area contributed by atoms with Gasteiger partial charge in [-0.15, -0.1) is 24.8 Å². The summed E-state index contributed by atoms with van der Waals surface area (Å²) >= 11 is 0. The van der Waals surface area contributed by atoms with E-state index in [1.807, 2.05) is 30.3 Å². The van der Waals surface area contributed by atoms with Gasteiger partial charge in [-0.25, -0.2) is 0 Å². The van der Waals surface area contributed by atoms with E-state index in [9.17, 15) is 4.79 Å². The predicted molar refractivity (Wildman–Crippen MR) is 85.7 cm³/mol. The summed E-state index contributed by atoms with van der Waals surface area (Å²) in [5, 5.41) is 7.57. The Bertz CT molecular complexity index is 550. The molecule has 1 aromatic heterocycles. The SMILES string of the molecule is COC(=O)[C@@H](N)Cc1ccc(-c2ccnnc2)cc1.Cl.Cl. The number of carbonyl (C=O) groups excluding carboxylic acids is 1. The van der Waals surface area contributed by atoms with Crippen LogP contribution in [-0.4, -0.2) is 29.3 Å². The fourth-order valence-corrected chi connectivity index (χ4v) is 1.78. The Balaban J connectivity index is 0.00000200. The number of hydrogen-bond acceptors (Lipinski definition) is 5. The summed E-state index contributed by atoms with van der Waals surface area (Å²) in [6.07, 6.45) is 3.81. The summed E-state index contributed by atoms with van der Waals surface area (Å²) in [6, 6.07) is 9.09. The first-order chi connectivity index (χ1) is 9.20. The molecule has 1 heterocycles. The minimum absolute atomic E-state index is 0. The second-order valence-electron chi connectivity index (χ2n) is 4.16. The first-order valence-electron chi connectivity index (χ1n) is 5.90. The average molecular weight is 330 g/mol. The summed E-state index contributed by atoms with van der Waals surface area (Å²) in [4.78, 5) is 11.2. The Morgan fingerprint density at radius 1 is 1.14 bits per heavy atom. The maximum absolute atomic E-state index is 11.2. The summed E-state index contributed by atoms with van der Waals surface area (Å²) in [6.45, 7) is 0. The van der Waals surface area contributed by atoms with E-state index in [1.54, 1.807) is 12.4 Å². The highest BCUT2D eigenvalue weighted by atomic mass is 35.5. The molecule has 0 saturated carbocycles.